The molecule has 7 nitrogen and oxygen atoms in total. The Morgan fingerprint density at radius 1 is 0.616 bits per heavy atom. The van der Waals surface area contributed by atoms with Gasteiger partial charge in [-0.2, -0.15) is 4.58 Å². The molecule has 2 N–H and O–H groups in total. The second-order valence-electron chi connectivity index (χ2n) is 23.9. The van der Waals surface area contributed by atoms with Crippen LogP contribution in [0.5, 0.6) is 0 Å². The van der Waals surface area contributed by atoms with Crippen molar-refractivity contribution in [2.24, 2.45) is 0 Å². The summed E-state index contributed by atoms with van der Waals surface area (Å²) in [6.07, 6.45) is 18.7. The number of hydrogen-bond acceptors (Lipinski definition) is 3. The van der Waals surface area contributed by atoms with Crippen molar-refractivity contribution < 1.29 is 24.4 Å². The molecule has 0 bridgehead atoms. The molecule has 3 heterocycles. The lowest BCUT2D eigenvalue weighted by Gasteiger charge is -2.23. The van der Waals surface area contributed by atoms with E-state index in [1.54, 1.807) is 12.1 Å². The molecule has 1 aliphatic heterocycles. The first-order valence-corrected chi connectivity index (χ1v) is 27.7. The number of benzene rings is 5. The van der Waals surface area contributed by atoms with Crippen LogP contribution in [0.2, 0.25) is 0 Å². The average molecular weight is 979 g/mol. The molecule has 73 heavy (non-hydrogen) atoms. The van der Waals surface area contributed by atoms with Gasteiger partial charge in [0.25, 0.3) is 0 Å². The Hall–Kier alpha value is -6.21. The number of unbranched alkanes of at least 4 members (excludes halogenated alkanes) is 12. The lowest BCUT2D eigenvalue weighted by Crippen LogP contribution is -2.31. The number of allylic oxidation sites excluding steroid dienone is 3. The molecule has 5 aromatic carbocycles. The molecule has 0 atom stereocenters. The van der Waals surface area contributed by atoms with E-state index in [-0.39, 0.29) is 27.9 Å². The Bertz CT molecular complexity index is 3300. The highest BCUT2D eigenvalue weighted by molar-refractivity contribution is 6.40. The van der Waals surface area contributed by atoms with E-state index in [2.05, 4.69) is 150 Å². The molecule has 0 fully saturated rings. The number of rotatable bonds is 20. The van der Waals surface area contributed by atoms with E-state index in [0.717, 1.165) is 84.3 Å². The minimum absolute atomic E-state index is 0.0106. The van der Waals surface area contributed by atoms with Gasteiger partial charge in [0.05, 0.1) is 38.7 Å². The van der Waals surface area contributed by atoms with Crippen molar-refractivity contribution in [3.63, 3.8) is 0 Å². The monoisotopic (exact) mass is 979 g/mol. The van der Waals surface area contributed by atoms with Gasteiger partial charge in [-0.3, -0.25) is 4.79 Å². The summed E-state index contributed by atoms with van der Waals surface area (Å²) in [5.74, 6) is -1.13. The van der Waals surface area contributed by atoms with Crippen molar-refractivity contribution in [3.8, 4) is 5.69 Å². The van der Waals surface area contributed by atoms with Crippen molar-refractivity contribution in [3.05, 3.63) is 136 Å². The van der Waals surface area contributed by atoms with Crippen LogP contribution >= 0.6 is 0 Å². The molecular weight excluding hydrogens is 899 g/mol. The number of aliphatic hydroxyl groups excluding tert-OH is 1. The van der Waals surface area contributed by atoms with Gasteiger partial charge in [0.1, 0.15) is 12.3 Å². The van der Waals surface area contributed by atoms with Gasteiger partial charge < -0.3 is 19.3 Å². The first-order valence-electron chi connectivity index (χ1n) is 27.7. The largest absolute Gasteiger partial charge is 0.506 e. The predicted molar refractivity (Wildman–Crippen MR) is 306 cm³/mol. The number of Topliss-reactive ketones (excluding diaryl/α,β-unsaturated/α-hetero) is 1. The minimum atomic E-state index is -0.962. The number of hydrogen-bond donors (Lipinski definition) is 2. The van der Waals surface area contributed by atoms with Crippen LogP contribution in [0.3, 0.4) is 0 Å². The zero-order valence-electron chi connectivity index (χ0n) is 45.6. The van der Waals surface area contributed by atoms with E-state index < -0.39 is 11.4 Å². The van der Waals surface area contributed by atoms with Crippen LogP contribution in [0.4, 0.5) is 5.69 Å². The van der Waals surface area contributed by atoms with Crippen LogP contribution in [-0.2, 0) is 27.6 Å². The van der Waals surface area contributed by atoms with Gasteiger partial charge in [-0.15, -0.1) is 0 Å². The van der Waals surface area contributed by atoms with Crippen molar-refractivity contribution in [1.29, 1.82) is 0 Å². The zero-order chi connectivity index (χ0) is 52.0. The third-order valence-corrected chi connectivity index (χ3v) is 16.2. The highest BCUT2D eigenvalue weighted by atomic mass is 16.4. The third-order valence-electron chi connectivity index (χ3n) is 16.2. The number of aliphatic hydroxyl groups is 1. The van der Waals surface area contributed by atoms with Gasteiger partial charge >= 0.3 is 5.97 Å². The van der Waals surface area contributed by atoms with E-state index in [1.165, 1.54) is 96.1 Å². The van der Waals surface area contributed by atoms with Crippen molar-refractivity contribution in [2.45, 2.75) is 182 Å². The second-order valence-corrected chi connectivity index (χ2v) is 23.9. The number of fused-ring (bicyclic) bond motifs is 7. The fraction of sp³-hybridized carbons (Fsp3) is 0.439. The molecule has 9 rings (SSSR count). The van der Waals surface area contributed by atoms with E-state index in [4.69, 9.17) is 0 Å². The van der Waals surface area contributed by atoms with Crippen molar-refractivity contribution in [2.75, 3.05) is 6.54 Å². The number of ketones is 1. The number of carbonyl (C=O) groups excluding carboxylic acids is 1. The number of aryl methyl sites for hydroxylation is 1. The summed E-state index contributed by atoms with van der Waals surface area (Å²) in [6.45, 7) is 24.0. The molecule has 1 aliphatic carbocycles. The van der Waals surface area contributed by atoms with E-state index in [0.29, 0.717) is 16.7 Å². The molecule has 0 unspecified atom stereocenters. The van der Waals surface area contributed by atoms with Crippen LogP contribution in [0.15, 0.2) is 108 Å². The first kappa shape index (κ1) is 51.7. The maximum absolute atomic E-state index is 14.5. The summed E-state index contributed by atoms with van der Waals surface area (Å²) < 4.78 is 7.14. The van der Waals surface area contributed by atoms with Crippen molar-refractivity contribution >= 4 is 72.3 Å². The maximum atomic E-state index is 14.5. The number of nitrogens with zero attached hydrogens (tertiary/aromatic N) is 3. The van der Waals surface area contributed by atoms with Crippen LogP contribution in [0, 0.1) is 0 Å². The molecule has 7 heteroatoms. The van der Waals surface area contributed by atoms with Gasteiger partial charge in [-0.1, -0.05) is 156 Å². The molecule has 2 aliphatic rings. The van der Waals surface area contributed by atoms with Crippen LogP contribution < -0.4 is 0 Å². The smallest absolute Gasteiger partial charge is 0.335 e. The van der Waals surface area contributed by atoms with Crippen LogP contribution in [-0.4, -0.2) is 47.9 Å². The second kappa shape index (κ2) is 20.6. The third kappa shape index (κ3) is 9.86. The van der Waals surface area contributed by atoms with Gasteiger partial charge in [0.2, 0.25) is 11.5 Å². The molecule has 0 saturated carbocycles. The van der Waals surface area contributed by atoms with E-state index in [9.17, 15) is 19.8 Å². The summed E-state index contributed by atoms with van der Waals surface area (Å²) >= 11 is 0. The molecule has 382 valence electrons. The lowest BCUT2D eigenvalue weighted by atomic mass is 9.77. The summed E-state index contributed by atoms with van der Waals surface area (Å²) in [5, 5.41) is 26.8. The summed E-state index contributed by atoms with van der Waals surface area (Å²) in [6, 6.07) is 32.5. The minimum Gasteiger partial charge on any atom is -0.506 e. The topological polar surface area (TPSA) is 87.5 Å². The Morgan fingerprint density at radius 3 is 1.73 bits per heavy atom. The number of carbonyl (C=O) groups is 2. The number of aromatic nitrogens is 2. The molecular formula is C66H80N3O4+. The van der Waals surface area contributed by atoms with E-state index in [1.807, 2.05) is 18.2 Å². The SMILES string of the molecule is CCCCCCCCCCCC[N+]1=C(C=C2C(=O)C(c3ccc4c5ccc(-n6c7ccc(C(C)(C)C)cc7c7cc(C(C)(C)C)ccc76)cc5n(CCCCCC)c4c3)=C2O)C(C)(C)c2cc(C(=O)O)ccc21. The molecule has 0 radical (unpaired) electrons. The lowest BCUT2D eigenvalue weighted by molar-refractivity contribution is -0.438. The first-order chi connectivity index (χ1) is 34.8. The summed E-state index contributed by atoms with van der Waals surface area (Å²) in [5.41, 5.74) is 12.1. The predicted octanol–water partition coefficient (Wildman–Crippen LogP) is 17.5. The highest BCUT2D eigenvalue weighted by Gasteiger charge is 2.47. The maximum Gasteiger partial charge on any atom is 0.335 e. The standard InChI is InChI=1S/C66H79N3O4/c1-11-13-15-17-18-19-20-21-22-24-36-68-56-32-26-44(63(72)73)37-53(56)66(9,10)59(68)42-52-61(70)60(62(52)71)43-25-30-48-49-31-29-47(41-58(49)67(57(48)38-43)35-23-16-14-12-2)69-54-33-27-45(64(3,4)5)39-50(54)51-40-46(65(6,7)8)28-34-55(51)69/h25-34,37-42H,11-24,35-36H2,1-10H3,(H-,70,71,72,73)/p+1. The number of carboxylic acids is 1. The Labute approximate surface area is 434 Å². The normalized spacial score (nSPS) is 15.5. The van der Waals surface area contributed by atoms with Gasteiger partial charge in [-0.05, 0) is 109 Å². The number of carboxylic acid groups (broad SMARTS) is 1. The summed E-state index contributed by atoms with van der Waals surface area (Å²) in [7, 11) is 0. The van der Waals surface area contributed by atoms with Gasteiger partial charge in [0.15, 0.2) is 5.71 Å². The molecule has 0 saturated heterocycles. The molecule has 2 aromatic heterocycles. The molecule has 0 amide bonds. The molecule has 0 spiro atoms. The average Bonchev–Trinajstić information content (AvgIpc) is 3.92. The Kier molecular flexibility index (Phi) is 14.6. The highest BCUT2D eigenvalue weighted by Crippen LogP contribution is 2.45. The van der Waals surface area contributed by atoms with Crippen LogP contribution in [0.25, 0.3) is 54.9 Å². The quantitative estimate of drug-likeness (QED) is 0.0452. The molecule has 7 aromatic rings. The zero-order valence-corrected chi connectivity index (χ0v) is 45.6. The van der Waals surface area contributed by atoms with Crippen molar-refractivity contribution in [1.82, 2.24) is 9.13 Å². The summed E-state index contributed by atoms with van der Waals surface area (Å²) in [4.78, 5) is 26.7. The van der Waals surface area contributed by atoms with Gasteiger partial charge in [-0.25, -0.2) is 4.79 Å². The fourth-order valence-electron chi connectivity index (χ4n) is 11.8. The number of aromatic carboxylic acids is 1. The Morgan fingerprint density at radius 2 is 1.16 bits per heavy atom. The fourth-order valence-corrected chi connectivity index (χ4v) is 11.8. The Balaban J connectivity index is 1.09. The van der Waals surface area contributed by atoms with E-state index >= 15 is 0 Å². The van der Waals surface area contributed by atoms with Crippen LogP contribution in [0.1, 0.15) is 192 Å². The van der Waals surface area contributed by atoms with Gasteiger partial charge in [0, 0.05) is 63.4 Å².